The van der Waals surface area contributed by atoms with Gasteiger partial charge in [-0.2, -0.15) is 20.1 Å². The van der Waals surface area contributed by atoms with Crippen LogP contribution in [-0.4, -0.2) is 61.2 Å². The zero-order chi connectivity index (χ0) is 22.9. The van der Waals surface area contributed by atoms with Crippen LogP contribution >= 0.6 is 0 Å². The first-order valence-corrected chi connectivity index (χ1v) is 10.8. The molecule has 1 aromatic heterocycles. The number of nitrogens with zero attached hydrogens (tertiary/aromatic N) is 5. The minimum atomic E-state index is 0.332. The van der Waals surface area contributed by atoms with Crippen molar-refractivity contribution in [2.75, 3.05) is 55.7 Å². The molecule has 2 aromatic carbocycles. The predicted molar refractivity (Wildman–Crippen MR) is 128 cm³/mol. The van der Waals surface area contributed by atoms with Gasteiger partial charge in [0.1, 0.15) is 0 Å². The summed E-state index contributed by atoms with van der Waals surface area (Å²) in [5.74, 6) is 2.66. The largest absolute Gasteiger partial charge is 0.493 e. The molecular formula is C23H27N7O3. The fourth-order valence-corrected chi connectivity index (χ4v) is 3.23. The van der Waals surface area contributed by atoms with Crippen LogP contribution in [0.3, 0.4) is 0 Å². The Kier molecular flexibility index (Phi) is 7.49. The Hall–Kier alpha value is -3.92. The lowest BCUT2D eigenvalue weighted by molar-refractivity contribution is 0.122. The smallest absolute Gasteiger partial charge is 0.250 e. The number of hydrogen-bond acceptors (Lipinski definition) is 10. The van der Waals surface area contributed by atoms with E-state index in [9.17, 15) is 0 Å². The second-order valence-corrected chi connectivity index (χ2v) is 7.09. The monoisotopic (exact) mass is 449 g/mol. The van der Waals surface area contributed by atoms with Crippen LogP contribution in [0.5, 0.6) is 11.5 Å². The Morgan fingerprint density at radius 1 is 1.03 bits per heavy atom. The minimum Gasteiger partial charge on any atom is -0.493 e. The van der Waals surface area contributed by atoms with E-state index in [0.29, 0.717) is 62.3 Å². The molecule has 0 unspecified atom stereocenters. The average molecular weight is 450 g/mol. The summed E-state index contributed by atoms with van der Waals surface area (Å²) < 4.78 is 16.4. The highest BCUT2D eigenvalue weighted by molar-refractivity contribution is 5.81. The van der Waals surface area contributed by atoms with Crippen LogP contribution in [0, 0.1) is 0 Å². The third-order valence-corrected chi connectivity index (χ3v) is 4.81. The number of benzene rings is 2. The summed E-state index contributed by atoms with van der Waals surface area (Å²) >= 11 is 0. The van der Waals surface area contributed by atoms with Crippen molar-refractivity contribution in [3.8, 4) is 11.5 Å². The van der Waals surface area contributed by atoms with E-state index < -0.39 is 0 Å². The quantitative estimate of drug-likeness (QED) is 0.376. The van der Waals surface area contributed by atoms with E-state index in [1.807, 2.05) is 55.5 Å². The third-order valence-electron chi connectivity index (χ3n) is 4.81. The number of morpholine rings is 1. The lowest BCUT2D eigenvalue weighted by Gasteiger charge is -2.27. The molecule has 0 bridgehead atoms. The van der Waals surface area contributed by atoms with Crippen LogP contribution in [0.2, 0.25) is 0 Å². The Morgan fingerprint density at radius 3 is 2.58 bits per heavy atom. The maximum absolute atomic E-state index is 5.56. The summed E-state index contributed by atoms with van der Waals surface area (Å²) in [7, 11) is 1.61. The SMILES string of the molecule is CCOc1ccc(/C=N/Nc2nc(Nc3ccccc3)nc(N3CCOCC3)n2)cc1OC. The zero-order valence-corrected chi connectivity index (χ0v) is 18.7. The summed E-state index contributed by atoms with van der Waals surface area (Å²) in [4.78, 5) is 15.7. The van der Waals surface area contributed by atoms with E-state index in [1.165, 1.54) is 0 Å². The van der Waals surface area contributed by atoms with Crippen LogP contribution < -0.4 is 25.1 Å². The van der Waals surface area contributed by atoms with Crippen LogP contribution in [0.4, 0.5) is 23.5 Å². The normalized spacial score (nSPS) is 13.7. The van der Waals surface area contributed by atoms with Gasteiger partial charge >= 0.3 is 0 Å². The van der Waals surface area contributed by atoms with E-state index >= 15 is 0 Å². The summed E-state index contributed by atoms with van der Waals surface area (Å²) in [5.41, 5.74) is 4.64. The summed E-state index contributed by atoms with van der Waals surface area (Å²) in [6.07, 6.45) is 1.67. The molecule has 10 nitrogen and oxygen atoms in total. The van der Waals surface area contributed by atoms with Gasteiger partial charge in [-0.25, -0.2) is 5.43 Å². The fourth-order valence-electron chi connectivity index (χ4n) is 3.23. The van der Waals surface area contributed by atoms with Crippen LogP contribution in [0.25, 0.3) is 0 Å². The molecule has 1 aliphatic heterocycles. The molecule has 0 aliphatic carbocycles. The van der Waals surface area contributed by atoms with E-state index in [4.69, 9.17) is 14.2 Å². The lowest BCUT2D eigenvalue weighted by atomic mass is 10.2. The topological polar surface area (TPSA) is 106 Å². The molecular weight excluding hydrogens is 422 g/mol. The van der Waals surface area contributed by atoms with Gasteiger partial charge in [-0.15, -0.1) is 0 Å². The maximum Gasteiger partial charge on any atom is 0.250 e. The van der Waals surface area contributed by atoms with Gasteiger partial charge in [0, 0.05) is 18.8 Å². The van der Waals surface area contributed by atoms with E-state index in [0.717, 1.165) is 11.3 Å². The van der Waals surface area contributed by atoms with Gasteiger partial charge < -0.3 is 24.4 Å². The number of ether oxygens (including phenoxy) is 3. The van der Waals surface area contributed by atoms with Crippen molar-refractivity contribution in [3.05, 3.63) is 54.1 Å². The molecule has 10 heteroatoms. The number of methoxy groups -OCH3 is 1. The van der Waals surface area contributed by atoms with Crippen molar-refractivity contribution in [2.45, 2.75) is 6.92 Å². The highest BCUT2D eigenvalue weighted by Crippen LogP contribution is 2.27. The summed E-state index contributed by atoms with van der Waals surface area (Å²) in [6.45, 7) is 5.18. The Balaban J connectivity index is 1.53. The van der Waals surface area contributed by atoms with E-state index in [1.54, 1.807) is 13.3 Å². The first kappa shape index (κ1) is 22.3. The molecule has 4 rings (SSSR count). The lowest BCUT2D eigenvalue weighted by Crippen LogP contribution is -2.37. The third kappa shape index (κ3) is 6.07. The number of aromatic nitrogens is 3. The molecule has 3 aromatic rings. The predicted octanol–water partition coefficient (Wildman–Crippen LogP) is 3.31. The van der Waals surface area contributed by atoms with Gasteiger partial charge in [0.2, 0.25) is 17.8 Å². The highest BCUT2D eigenvalue weighted by Gasteiger charge is 2.16. The van der Waals surface area contributed by atoms with Crippen molar-refractivity contribution < 1.29 is 14.2 Å². The van der Waals surface area contributed by atoms with Gasteiger partial charge in [-0.3, -0.25) is 0 Å². The van der Waals surface area contributed by atoms with Crippen molar-refractivity contribution in [3.63, 3.8) is 0 Å². The number of para-hydroxylation sites is 1. The Labute approximate surface area is 192 Å². The number of hydrogen-bond donors (Lipinski definition) is 2. The van der Waals surface area contributed by atoms with Crippen LogP contribution in [0.1, 0.15) is 12.5 Å². The standard InChI is InChI=1S/C23H27N7O3/c1-3-33-19-10-9-17(15-20(19)31-2)16-24-29-22-26-21(25-18-7-5-4-6-8-18)27-23(28-22)30-11-13-32-14-12-30/h4-10,15-16H,3,11-14H2,1-2H3,(H2,25,26,27,28,29)/b24-16+. The molecule has 2 N–H and O–H groups in total. The van der Waals surface area contributed by atoms with Crippen molar-refractivity contribution in [2.24, 2.45) is 5.10 Å². The molecule has 0 radical (unpaired) electrons. The minimum absolute atomic E-state index is 0.332. The number of nitrogens with one attached hydrogen (secondary N) is 2. The summed E-state index contributed by atoms with van der Waals surface area (Å²) in [5, 5.41) is 7.52. The molecule has 172 valence electrons. The van der Waals surface area contributed by atoms with Gasteiger partial charge in [0.25, 0.3) is 0 Å². The average Bonchev–Trinajstić information content (AvgIpc) is 2.86. The molecule has 33 heavy (non-hydrogen) atoms. The first-order chi connectivity index (χ1) is 16.2. The number of anilines is 4. The molecule has 0 spiro atoms. The fraction of sp³-hybridized carbons (Fsp3) is 0.304. The molecule has 0 saturated carbocycles. The number of hydrazone groups is 1. The highest BCUT2D eigenvalue weighted by atomic mass is 16.5. The van der Waals surface area contributed by atoms with Gasteiger partial charge in [-0.05, 0) is 42.8 Å². The van der Waals surface area contributed by atoms with Crippen molar-refractivity contribution in [1.29, 1.82) is 0 Å². The molecule has 0 atom stereocenters. The second-order valence-electron chi connectivity index (χ2n) is 7.09. The van der Waals surface area contributed by atoms with E-state index in [2.05, 4.69) is 35.7 Å². The molecule has 2 heterocycles. The number of rotatable bonds is 9. The molecule has 1 aliphatic rings. The van der Waals surface area contributed by atoms with E-state index in [-0.39, 0.29) is 0 Å². The maximum atomic E-state index is 5.56. The molecule has 1 fully saturated rings. The van der Waals surface area contributed by atoms with Crippen LogP contribution in [0.15, 0.2) is 53.6 Å². The second kappa shape index (κ2) is 11.1. The Bertz CT molecular complexity index is 1070. The van der Waals surface area contributed by atoms with Crippen molar-refractivity contribution >= 4 is 29.7 Å². The van der Waals surface area contributed by atoms with Gasteiger partial charge in [0.15, 0.2) is 11.5 Å². The van der Waals surface area contributed by atoms with Gasteiger partial charge in [-0.1, -0.05) is 18.2 Å². The van der Waals surface area contributed by atoms with Gasteiger partial charge in [0.05, 0.1) is 33.1 Å². The Morgan fingerprint density at radius 2 is 1.82 bits per heavy atom. The summed E-state index contributed by atoms with van der Waals surface area (Å²) in [6, 6.07) is 15.3. The van der Waals surface area contributed by atoms with Crippen LogP contribution in [-0.2, 0) is 4.74 Å². The van der Waals surface area contributed by atoms with Crippen molar-refractivity contribution in [1.82, 2.24) is 15.0 Å². The molecule has 0 amide bonds. The first-order valence-electron chi connectivity index (χ1n) is 10.8. The zero-order valence-electron chi connectivity index (χ0n) is 18.7. The molecule has 1 saturated heterocycles.